The molecule has 5 rings (SSSR count). The van der Waals surface area contributed by atoms with Crippen LogP contribution in [0.5, 0.6) is 0 Å². The smallest absolute Gasteiger partial charge is 0.344 e. The summed E-state index contributed by atoms with van der Waals surface area (Å²) in [6.07, 6.45) is 6.10. The van der Waals surface area contributed by atoms with E-state index < -0.39 is 11.6 Å². The highest BCUT2D eigenvalue weighted by Gasteiger charge is 2.52. The lowest BCUT2D eigenvalue weighted by atomic mass is 9.84. The molecule has 0 spiro atoms. The van der Waals surface area contributed by atoms with E-state index in [2.05, 4.69) is 35.2 Å². The van der Waals surface area contributed by atoms with Gasteiger partial charge in [-0.25, -0.2) is 4.79 Å². The summed E-state index contributed by atoms with van der Waals surface area (Å²) < 4.78 is 6.17. The second kappa shape index (κ2) is 8.45. The average molecular weight is 426 g/mol. The maximum Gasteiger partial charge on any atom is 0.344 e. The molecular formula is C25H31NO3S. The summed E-state index contributed by atoms with van der Waals surface area (Å²) in [6, 6.07) is 14.4. The molecule has 4 nitrogen and oxygen atoms in total. The van der Waals surface area contributed by atoms with E-state index in [-0.39, 0.29) is 12.0 Å². The van der Waals surface area contributed by atoms with Crippen molar-refractivity contribution in [3.05, 3.63) is 58.3 Å². The first-order chi connectivity index (χ1) is 14.6. The summed E-state index contributed by atoms with van der Waals surface area (Å²) >= 11 is 1.47. The number of esters is 1. The van der Waals surface area contributed by atoms with E-state index in [1.807, 2.05) is 17.5 Å². The van der Waals surface area contributed by atoms with E-state index in [1.165, 1.54) is 16.9 Å². The van der Waals surface area contributed by atoms with Gasteiger partial charge in [-0.05, 0) is 42.7 Å². The standard InChI is InChI=1S/C25H31NO3S/c27-24(25(28,21-9-4-5-10-21)22-11-6-14-30-22)29-23-19-12-13-20(23)17-26(16-19)15-18-7-2-1-3-8-18/h1-3,6-8,11,14,19-21,23,28H,4-5,9-10,12-13,15-17H2. The van der Waals surface area contributed by atoms with Crippen LogP contribution in [0.4, 0.5) is 0 Å². The molecule has 2 aliphatic carbocycles. The third-order valence-electron chi connectivity index (χ3n) is 7.47. The minimum absolute atomic E-state index is 0.0283. The van der Waals surface area contributed by atoms with Gasteiger partial charge in [-0.2, -0.15) is 0 Å². The molecule has 5 heteroatoms. The number of benzene rings is 1. The number of nitrogens with zero attached hydrogens (tertiary/aromatic N) is 1. The largest absolute Gasteiger partial charge is 0.459 e. The second-order valence-corrected chi connectivity index (χ2v) is 10.3. The molecule has 1 aliphatic heterocycles. The van der Waals surface area contributed by atoms with E-state index in [4.69, 9.17) is 4.74 Å². The van der Waals surface area contributed by atoms with Crippen molar-refractivity contribution < 1.29 is 14.6 Å². The van der Waals surface area contributed by atoms with Gasteiger partial charge in [0.2, 0.25) is 0 Å². The molecule has 1 aromatic heterocycles. The molecule has 30 heavy (non-hydrogen) atoms. The summed E-state index contributed by atoms with van der Waals surface area (Å²) in [7, 11) is 0. The Bertz CT molecular complexity index is 835. The molecule has 2 heterocycles. The van der Waals surface area contributed by atoms with Gasteiger partial charge < -0.3 is 9.84 Å². The van der Waals surface area contributed by atoms with Gasteiger partial charge in [0.1, 0.15) is 6.10 Å². The number of rotatable bonds is 6. The Labute approximate surface area is 182 Å². The quantitative estimate of drug-likeness (QED) is 0.689. The van der Waals surface area contributed by atoms with Crippen molar-refractivity contribution in [2.45, 2.75) is 56.8 Å². The minimum Gasteiger partial charge on any atom is -0.459 e. The SMILES string of the molecule is O=C(OC1C2CCC1CN(Cc1ccccc1)C2)C(O)(c1cccs1)C1CCCC1. The number of hydrogen-bond acceptors (Lipinski definition) is 5. The lowest BCUT2D eigenvalue weighted by Crippen LogP contribution is -2.50. The van der Waals surface area contributed by atoms with Crippen molar-refractivity contribution >= 4 is 17.3 Å². The van der Waals surface area contributed by atoms with Crippen molar-refractivity contribution in [1.29, 1.82) is 0 Å². The van der Waals surface area contributed by atoms with E-state index in [0.29, 0.717) is 11.8 Å². The zero-order chi connectivity index (χ0) is 20.6. The fourth-order valence-electron chi connectivity index (χ4n) is 5.95. The predicted molar refractivity (Wildman–Crippen MR) is 118 cm³/mol. The molecule has 3 fully saturated rings. The number of fused-ring (bicyclic) bond motifs is 2. The zero-order valence-electron chi connectivity index (χ0n) is 17.4. The van der Waals surface area contributed by atoms with Gasteiger partial charge in [0.15, 0.2) is 5.60 Å². The van der Waals surface area contributed by atoms with Gasteiger partial charge in [0.05, 0.1) is 0 Å². The number of ether oxygens (including phenoxy) is 1. The topological polar surface area (TPSA) is 49.8 Å². The summed E-state index contributed by atoms with van der Waals surface area (Å²) in [4.78, 5) is 16.7. The Morgan fingerprint density at radius 1 is 1.03 bits per heavy atom. The van der Waals surface area contributed by atoms with Crippen LogP contribution in [-0.2, 0) is 21.7 Å². The maximum atomic E-state index is 13.4. The van der Waals surface area contributed by atoms with Crippen molar-refractivity contribution in [1.82, 2.24) is 4.90 Å². The minimum atomic E-state index is -1.48. The second-order valence-electron chi connectivity index (χ2n) is 9.37. The van der Waals surface area contributed by atoms with Gasteiger partial charge in [-0.3, -0.25) is 4.90 Å². The number of piperidine rings is 1. The van der Waals surface area contributed by atoms with Crippen LogP contribution in [-0.4, -0.2) is 35.2 Å². The average Bonchev–Trinajstić information content (AvgIpc) is 3.51. The van der Waals surface area contributed by atoms with E-state index in [1.54, 1.807) is 0 Å². The molecule has 1 aromatic carbocycles. The number of hydrogen-bond donors (Lipinski definition) is 1. The number of aliphatic hydroxyl groups is 1. The summed E-state index contributed by atoms with van der Waals surface area (Å²) in [6.45, 7) is 2.88. The molecule has 1 saturated heterocycles. The number of carbonyl (C=O) groups is 1. The third kappa shape index (κ3) is 3.72. The molecule has 0 amide bonds. The van der Waals surface area contributed by atoms with Gasteiger partial charge in [0.25, 0.3) is 0 Å². The first-order valence-electron chi connectivity index (χ1n) is 11.4. The Kier molecular flexibility index (Phi) is 5.69. The summed E-state index contributed by atoms with van der Waals surface area (Å²) in [5.41, 5.74) is -0.147. The number of carbonyl (C=O) groups excluding carboxylic acids is 1. The van der Waals surface area contributed by atoms with Crippen molar-refractivity contribution in [2.24, 2.45) is 17.8 Å². The van der Waals surface area contributed by atoms with Gasteiger partial charge >= 0.3 is 5.97 Å². The Morgan fingerprint density at radius 3 is 2.37 bits per heavy atom. The molecule has 3 aliphatic rings. The predicted octanol–water partition coefficient (Wildman–Crippen LogP) is 4.58. The van der Waals surface area contributed by atoms with Crippen molar-refractivity contribution in [3.63, 3.8) is 0 Å². The monoisotopic (exact) mass is 425 g/mol. The lowest BCUT2D eigenvalue weighted by Gasteiger charge is -2.39. The molecule has 2 bridgehead atoms. The first-order valence-corrected chi connectivity index (χ1v) is 12.3. The zero-order valence-corrected chi connectivity index (χ0v) is 18.2. The number of thiophene rings is 1. The first kappa shape index (κ1) is 20.2. The summed E-state index contributed by atoms with van der Waals surface area (Å²) in [5.74, 6) is 0.301. The lowest BCUT2D eigenvalue weighted by molar-refractivity contribution is -0.185. The fourth-order valence-corrected chi connectivity index (χ4v) is 6.84. The van der Waals surface area contributed by atoms with Crippen LogP contribution in [0.3, 0.4) is 0 Å². The molecular weight excluding hydrogens is 394 g/mol. The van der Waals surface area contributed by atoms with E-state index in [0.717, 1.165) is 63.0 Å². The van der Waals surface area contributed by atoms with Crippen molar-refractivity contribution in [2.75, 3.05) is 13.1 Å². The van der Waals surface area contributed by atoms with Gasteiger partial charge in [-0.15, -0.1) is 11.3 Å². The molecule has 3 unspecified atom stereocenters. The van der Waals surface area contributed by atoms with Crippen LogP contribution in [0.25, 0.3) is 0 Å². The maximum absolute atomic E-state index is 13.4. The normalized spacial score (nSPS) is 29.0. The molecule has 2 saturated carbocycles. The van der Waals surface area contributed by atoms with Crippen LogP contribution < -0.4 is 0 Å². The van der Waals surface area contributed by atoms with Crippen LogP contribution in [0, 0.1) is 17.8 Å². The Morgan fingerprint density at radius 2 is 1.73 bits per heavy atom. The van der Waals surface area contributed by atoms with E-state index >= 15 is 0 Å². The van der Waals surface area contributed by atoms with Crippen molar-refractivity contribution in [3.8, 4) is 0 Å². The van der Waals surface area contributed by atoms with Crippen LogP contribution in [0.15, 0.2) is 47.8 Å². The van der Waals surface area contributed by atoms with Crippen LogP contribution >= 0.6 is 11.3 Å². The van der Waals surface area contributed by atoms with Crippen LogP contribution in [0.2, 0.25) is 0 Å². The fraction of sp³-hybridized carbons (Fsp3) is 0.560. The highest BCUT2D eigenvalue weighted by molar-refractivity contribution is 7.10. The highest BCUT2D eigenvalue weighted by atomic mass is 32.1. The molecule has 3 atom stereocenters. The molecule has 2 aromatic rings. The molecule has 160 valence electrons. The van der Waals surface area contributed by atoms with E-state index in [9.17, 15) is 9.90 Å². The Hall–Kier alpha value is -1.69. The van der Waals surface area contributed by atoms with Gasteiger partial charge in [-0.1, -0.05) is 49.2 Å². The molecule has 1 N–H and O–H groups in total. The van der Waals surface area contributed by atoms with Crippen LogP contribution in [0.1, 0.15) is 49.0 Å². The highest BCUT2D eigenvalue weighted by Crippen LogP contribution is 2.45. The Balaban J connectivity index is 1.29. The number of likely N-dealkylation sites (tertiary alicyclic amines) is 1. The third-order valence-corrected chi connectivity index (χ3v) is 8.46. The molecule has 0 radical (unpaired) electrons. The van der Waals surface area contributed by atoms with Gasteiger partial charge in [0, 0.05) is 42.3 Å². The summed E-state index contributed by atoms with van der Waals surface area (Å²) in [5, 5.41) is 13.6.